The molecule has 2 saturated heterocycles. The van der Waals surface area contributed by atoms with E-state index >= 15 is 0 Å². The predicted octanol–water partition coefficient (Wildman–Crippen LogP) is 3.60. The molecule has 1 aromatic carbocycles. The van der Waals surface area contributed by atoms with Gasteiger partial charge in [-0.05, 0) is 43.2 Å². The molecule has 0 bridgehead atoms. The number of aryl methyl sites for hydroxylation is 1. The van der Waals surface area contributed by atoms with E-state index in [-0.39, 0.29) is 0 Å². The van der Waals surface area contributed by atoms with Crippen LogP contribution in [0.5, 0.6) is 0 Å². The van der Waals surface area contributed by atoms with Gasteiger partial charge >= 0.3 is 0 Å². The molecule has 3 aliphatic heterocycles. The van der Waals surface area contributed by atoms with Crippen molar-refractivity contribution < 1.29 is 8.95 Å². The van der Waals surface area contributed by atoms with Gasteiger partial charge < -0.3 is 19.9 Å². The van der Waals surface area contributed by atoms with Crippen LogP contribution in [0.25, 0.3) is 10.9 Å². The Hall–Kier alpha value is -2.45. The van der Waals surface area contributed by atoms with E-state index in [2.05, 4.69) is 45.7 Å². The Morgan fingerprint density at radius 3 is 2.75 bits per heavy atom. The van der Waals surface area contributed by atoms with E-state index in [0.717, 1.165) is 80.8 Å². The van der Waals surface area contributed by atoms with Crippen LogP contribution in [0.4, 0.5) is 11.8 Å². The molecule has 1 unspecified atom stereocenters. The fraction of sp³-hybridized carbons (Fsp3) is 0.500. The largest absolute Gasteiger partial charge is 0.381 e. The number of fused-ring (bicyclic) bond motifs is 2. The van der Waals surface area contributed by atoms with Gasteiger partial charge in [-0.25, -0.2) is 4.98 Å². The Bertz CT molecular complexity index is 1150. The van der Waals surface area contributed by atoms with E-state index in [0.29, 0.717) is 17.7 Å². The van der Waals surface area contributed by atoms with E-state index < -0.39 is 10.8 Å². The van der Waals surface area contributed by atoms with Gasteiger partial charge in [-0.2, -0.15) is 4.98 Å². The fourth-order valence-corrected chi connectivity index (χ4v) is 6.59. The number of ether oxygens (including phenoxy) is 1. The molecule has 168 valence electrons. The Morgan fingerprint density at radius 1 is 1.09 bits per heavy atom. The summed E-state index contributed by atoms with van der Waals surface area (Å²) in [6, 6.07) is 8.87. The molecule has 0 saturated carbocycles. The Labute approximate surface area is 190 Å². The van der Waals surface area contributed by atoms with Crippen molar-refractivity contribution in [1.29, 1.82) is 0 Å². The van der Waals surface area contributed by atoms with Crippen LogP contribution in [-0.2, 0) is 22.0 Å². The summed E-state index contributed by atoms with van der Waals surface area (Å²) in [5, 5.41) is 4.93. The molecule has 3 aromatic rings. The summed E-state index contributed by atoms with van der Waals surface area (Å²) < 4.78 is 18.1. The Kier molecular flexibility index (Phi) is 5.35. The average Bonchev–Trinajstić information content (AvgIpc) is 3.44. The number of benzene rings is 1. The molecule has 6 rings (SSSR count). The summed E-state index contributed by atoms with van der Waals surface area (Å²) in [4.78, 5) is 16.3. The molecular formula is C24H29N5O2S. The van der Waals surface area contributed by atoms with E-state index in [4.69, 9.17) is 14.7 Å². The maximum absolute atomic E-state index is 12.6. The van der Waals surface area contributed by atoms with Crippen molar-refractivity contribution in [3.8, 4) is 0 Å². The first-order chi connectivity index (χ1) is 15.8. The van der Waals surface area contributed by atoms with E-state index in [1.165, 1.54) is 16.5 Å². The van der Waals surface area contributed by atoms with Gasteiger partial charge in [-0.3, -0.25) is 4.21 Å². The van der Waals surface area contributed by atoms with E-state index in [9.17, 15) is 4.21 Å². The highest BCUT2D eigenvalue weighted by atomic mass is 32.2. The fourth-order valence-electron chi connectivity index (χ4n) is 5.28. The van der Waals surface area contributed by atoms with Crippen molar-refractivity contribution in [3.05, 3.63) is 41.7 Å². The molecule has 2 aromatic heterocycles. The van der Waals surface area contributed by atoms with Crippen LogP contribution in [0, 0.1) is 0 Å². The van der Waals surface area contributed by atoms with Gasteiger partial charge in [0, 0.05) is 61.6 Å². The summed E-state index contributed by atoms with van der Waals surface area (Å²) in [5.41, 5.74) is 3.60. The van der Waals surface area contributed by atoms with Crippen LogP contribution in [0.3, 0.4) is 0 Å². The summed E-state index contributed by atoms with van der Waals surface area (Å²) in [5.74, 6) is 2.77. The third-order valence-electron chi connectivity index (χ3n) is 7.08. The molecule has 0 radical (unpaired) electrons. The van der Waals surface area contributed by atoms with Gasteiger partial charge in [0.05, 0.1) is 16.5 Å². The van der Waals surface area contributed by atoms with Gasteiger partial charge in [0.15, 0.2) is 0 Å². The first-order valence-corrected chi connectivity index (χ1v) is 13.0. The van der Waals surface area contributed by atoms with Crippen molar-refractivity contribution in [2.45, 2.75) is 49.0 Å². The highest BCUT2D eigenvalue weighted by Crippen LogP contribution is 2.36. The normalized spacial score (nSPS) is 22.4. The quantitative estimate of drug-likeness (QED) is 0.631. The van der Waals surface area contributed by atoms with Crippen molar-refractivity contribution in [3.63, 3.8) is 0 Å². The van der Waals surface area contributed by atoms with Crippen LogP contribution in [0.15, 0.2) is 35.4 Å². The van der Waals surface area contributed by atoms with Crippen molar-refractivity contribution in [2.24, 2.45) is 0 Å². The minimum atomic E-state index is -1.01. The second kappa shape index (κ2) is 8.48. The number of hydrogen-bond acceptors (Lipinski definition) is 6. The number of nitrogens with zero attached hydrogens (tertiary/aromatic N) is 3. The number of hydrogen-bond donors (Lipinski definition) is 2. The molecule has 2 N–H and O–H groups in total. The number of nitrogens with one attached hydrogen (secondary N) is 2. The monoisotopic (exact) mass is 451 g/mol. The number of H-pyrrole nitrogens is 1. The second-order valence-corrected chi connectivity index (χ2v) is 10.5. The van der Waals surface area contributed by atoms with Gasteiger partial charge in [-0.1, -0.05) is 18.2 Å². The Morgan fingerprint density at radius 2 is 1.91 bits per heavy atom. The highest BCUT2D eigenvalue weighted by molar-refractivity contribution is 7.85. The molecule has 8 heteroatoms. The van der Waals surface area contributed by atoms with Crippen LogP contribution < -0.4 is 10.2 Å². The smallest absolute Gasteiger partial charge is 0.227 e. The first-order valence-electron chi connectivity index (χ1n) is 11.7. The van der Waals surface area contributed by atoms with E-state index in [1.807, 2.05) is 0 Å². The number of anilines is 2. The third-order valence-corrected chi connectivity index (χ3v) is 8.54. The number of piperidine rings is 1. The standard InChI is InChI=1S/C24H29N5O2S/c30-32-14-9-21-22(32)23(26-17-7-12-31-13-8-17)28-24(27-21)29-10-5-16(6-11-29)19-15-25-20-4-2-1-3-18(19)20/h1-4,15-17,25H,5-14H2,(H,26,27,28). The number of aromatic nitrogens is 3. The molecule has 32 heavy (non-hydrogen) atoms. The number of aromatic amines is 1. The van der Waals surface area contributed by atoms with E-state index in [1.54, 1.807) is 0 Å². The number of para-hydroxylation sites is 1. The zero-order chi connectivity index (χ0) is 21.5. The zero-order valence-electron chi connectivity index (χ0n) is 18.2. The molecule has 0 amide bonds. The van der Waals surface area contributed by atoms with Crippen molar-refractivity contribution >= 4 is 33.5 Å². The van der Waals surface area contributed by atoms with Gasteiger partial charge in [0.2, 0.25) is 5.95 Å². The van der Waals surface area contributed by atoms with Gasteiger partial charge in [0.25, 0.3) is 0 Å². The SMILES string of the molecule is O=S1CCc2nc(N3CCC(c4c[nH]c5ccccc45)CC3)nc(NC3CCOCC3)c21. The lowest BCUT2D eigenvalue weighted by molar-refractivity contribution is 0.0903. The summed E-state index contributed by atoms with van der Waals surface area (Å²) in [6.45, 7) is 3.40. The minimum absolute atomic E-state index is 0.320. The Balaban J connectivity index is 1.22. The van der Waals surface area contributed by atoms with Gasteiger partial charge in [0.1, 0.15) is 10.7 Å². The lowest BCUT2D eigenvalue weighted by Gasteiger charge is -2.32. The van der Waals surface area contributed by atoms with Crippen molar-refractivity contribution in [1.82, 2.24) is 15.0 Å². The first kappa shape index (κ1) is 20.2. The third kappa shape index (κ3) is 3.69. The van der Waals surface area contributed by atoms with Crippen LogP contribution in [-0.4, -0.2) is 57.3 Å². The van der Waals surface area contributed by atoms with Crippen LogP contribution in [0.2, 0.25) is 0 Å². The summed E-state index contributed by atoms with van der Waals surface area (Å²) in [6.07, 6.45) is 7.02. The minimum Gasteiger partial charge on any atom is -0.381 e. The average molecular weight is 452 g/mol. The maximum atomic E-state index is 12.6. The predicted molar refractivity (Wildman–Crippen MR) is 127 cm³/mol. The second-order valence-electron chi connectivity index (χ2n) is 9.03. The van der Waals surface area contributed by atoms with Crippen LogP contribution >= 0.6 is 0 Å². The molecule has 2 fully saturated rings. The molecule has 3 aliphatic rings. The summed E-state index contributed by atoms with van der Waals surface area (Å²) >= 11 is 0. The zero-order valence-corrected chi connectivity index (χ0v) is 19.0. The molecule has 1 atom stereocenters. The van der Waals surface area contributed by atoms with Gasteiger partial charge in [-0.15, -0.1) is 0 Å². The number of rotatable bonds is 4. The summed E-state index contributed by atoms with van der Waals surface area (Å²) in [7, 11) is -1.01. The molecule has 0 aliphatic carbocycles. The molecule has 5 heterocycles. The highest BCUT2D eigenvalue weighted by Gasteiger charge is 2.30. The molecular weight excluding hydrogens is 422 g/mol. The molecule has 0 spiro atoms. The topological polar surface area (TPSA) is 83.1 Å². The van der Waals surface area contributed by atoms with Crippen LogP contribution in [0.1, 0.15) is 42.9 Å². The molecule has 7 nitrogen and oxygen atoms in total. The maximum Gasteiger partial charge on any atom is 0.227 e. The van der Waals surface area contributed by atoms with Crippen molar-refractivity contribution in [2.75, 3.05) is 42.3 Å². The lowest BCUT2D eigenvalue weighted by Crippen LogP contribution is -2.35. The lowest BCUT2D eigenvalue weighted by atomic mass is 9.89.